The predicted molar refractivity (Wildman–Crippen MR) is 141 cm³/mol. The van der Waals surface area contributed by atoms with Crippen LogP contribution in [0.1, 0.15) is 55.1 Å². The fraction of sp³-hybridized carbons (Fsp3) is 0.462. The quantitative estimate of drug-likeness (QED) is 0.217. The Labute approximate surface area is 225 Å². The average molecular weight is 543 g/mol. The maximum Gasteiger partial charge on any atom is 0.326 e. The summed E-state index contributed by atoms with van der Waals surface area (Å²) in [5.74, 6) is -2.78. The highest BCUT2D eigenvalue weighted by molar-refractivity contribution is 5.96. The van der Waals surface area contributed by atoms with Gasteiger partial charge in [-0.2, -0.15) is 9.97 Å². The summed E-state index contributed by atoms with van der Waals surface area (Å²) in [5.41, 5.74) is 1.13. The van der Waals surface area contributed by atoms with Gasteiger partial charge in [0.1, 0.15) is 11.9 Å². The van der Waals surface area contributed by atoms with Crippen LogP contribution in [0.15, 0.2) is 24.3 Å². The second-order valence-corrected chi connectivity index (χ2v) is 10.5. The zero-order valence-corrected chi connectivity index (χ0v) is 22.1. The van der Waals surface area contributed by atoms with Crippen LogP contribution in [0.5, 0.6) is 5.88 Å². The molecular formula is C26H34N6O7. The molecule has 0 fully saturated rings. The number of hydrogen-bond donors (Lipinski definition) is 7. The van der Waals surface area contributed by atoms with Crippen molar-refractivity contribution >= 4 is 35.5 Å². The Morgan fingerprint density at radius 3 is 2.41 bits per heavy atom. The molecule has 0 saturated heterocycles. The first-order chi connectivity index (χ1) is 18.3. The van der Waals surface area contributed by atoms with E-state index in [0.717, 1.165) is 5.56 Å². The molecule has 7 N–H and O–H groups in total. The molecule has 13 nitrogen and oxygen atoms in total. The number of aromatic hydroxyl groups is 1. The molecule has 0 saturated carbocycles. The summed E-state index contributed by atoms with van der Waals surface area (Å²) in [6, 6.07) is 5.36. The fourth-order valence-electron chi connectivity index (χ4n) is 3.86. The number of aromatic nitrogens is 2. The second-order valence-electron chi connectivity index (χ2n) is 10.5. The van der Waals surface area contributed by atoms with Crippen LogP contribution >= 0.6 is 0 Å². The first-order valence-corrected chi connectivity index (χ1v) is 12.5. The van der Waals surface area contributed by atoms with Crippen LogP contribution in [0, 0.1) is 11.3 Å². The van der Waals surface area contributed by atoms with Gasteiger partial charge in [0.15, 0.2) is 0 Å². The highest BCUT2D eigenvalue weighted by Gasteiger charge is 2.27. The topological polar surface area (TPSA) is 203 Å². The molecule has 2 amide bonds. The molecule has 1 unspecified atom stereocenters. The lowest BCUT2D eigenvalue weighted by Gasteiger charge is -2.26. The van der Waals surface area contributed by atoms with E-state index in [2.05, 4.69) is 31.2 Å². The first kappa shape index (κ1) is 29.3. The number of carboxylic acid groups (broad SMARTS) is 2. The third-order valence-corrected chi connectivity index (χ3v) is 6.17. The SMILES string of the molecule is CC(C)(C)C(=O)Nc1nc(O)c2c(n1)NCC(CNCc1ccc(C(=O)N[C@@H](CCC(=O)O)C(=O)O)cc1)C2. The molecule has 1 aliphatic heterocycles. The maximum absolute atomic E-state index is 12.4. The lowest BCUT2D eigenvalue weighted by molar-refractivity contribution is -0.140. The van der Waals surface area contributed by atoms with Crippen LogP contribution in [0.4, 0.5) is 11.8 Å². The van der Waals surface area contributed by atoms with Gasteiger partial charge in [0, 0.05) is 37.0 Å². The molecule has 0 bridgehead atoms. The Bertz CT molecular complexity index is 1230. The van der Waals surface area contributed by atoms with E-state index in [1.807, 2.05) is 0 Å². The van der Waals surface area contributed by atoms with E-state index in [1.54, 1.807) is 45.0 Å². The van der Waals surface area contributed by atoms with E-state index in [-0.39, 0.29) is 42.1 Å². The van der Waals surface area contributed by atoms with E-state index in [0.29, 0.717) is 37.4 Å². The van der Waals surface area contributed by atoms with Gasteiger partial charge >= 0.3 is 11.9 Å². The minimum Gasteiger partial charge on any atom is -0.493 e. The number of amides is 2. The summed E-state index contributed by atoms with van der Waals surface area (Å²) in [6.07, 6.45) is -0.0363. The maximum atomic E-state index is 12.4. The molecule has 2 atom stereocenters. The Morgan fingerprint density at radius 2 is 1.79 bits per heavy atom. The molecule has 2 aromatic rings. The van der Waals surface area contributed by atoms with Crippen molar-refractivity contribution in [2.24, 2.45) is 11.3 Å². The molecule has 3 rings (SSSR count). The third kappa shape index (κ3) is 8.37. The Hall–Kier alpha value is -4.26. The number of benzene rings is 1. The zero-order chi connectivity index (χ0) is 28.7. The average Bonchev–Trinajstić information content (AvgIpc) is 2.86. The van der Waals surface area contributed by atoms with Crippen molar-refractivity contribution in [3.63, 3.8) is 0 Å². The van der Waals surface area contributed by atoms with Gasteiger partial charge in [0.05, 0.1) is 5.56 Å². The van der Waals surface area contributed by atoms with Crippen molar-refractivity contribution in [1.82, 2.24) is 20.6 Å². The molecule has 0 radical (unpaired) electrons. The number of carboxylic acids is 2. The van der Waals surface area contributed by atoms with Crippen LogP contribution in [-0.4, -0.2) is 68.2 Å². The van der Waals surface area contributed by atoms with Gasteiger partial charge in [-0.15, -0.1) is 0 Å². The highest BCUT2D eigenvalue weighted by atomic mass is 16.4. The van der Waals surface area contributed by atoms with Gasteiger partial charge in [-0.3, -0.25) is 19.7 Å². The molecule has 0 spiro atoms. The number of nitrogens with one attached hydrogen (secondary N) is 4. The fourth-order valence-corrected chi connectivity index (χ4v) is 3.86. The summed E-state index contributed by atoms with van der Waals surface area (Å²) in [6.45, 7) is 7.06. The van der Waals surface area contributed by atoms with Crippen molar-refractivity contribution in [1.29, 1.82) is 0 Å². The van der Waals surface area contributed by atoms with Gasteiger partial charge < -0.3 is 31.3 Å². The summed E-state index contributed by atoms with van der Waals surface area (Å²) in [4.78, 5) is 55.0. The van der Waals surface area contributed by atoms with E-state index >= 15 is 0 Å². The van der Waals surface area contributed by atoms with Crippen molar-refractivity contribution in [2.75, 3.05) is 23.7 Å². The lowest BCUT2D eigenvalue weighted by Crippen LogP contribution is -2.41. The Kier molecular flexibility index (Phi) is 9.41. The molecule has 1 aliphatic rings. The van der Waals surface area contributed by atoms with Crippen LogP contribution < -0.4 is 21.3 Å². The van der Waals surface area contributed by atoms with Crippen LogP contribution in [0.3, 0.4) is 0 Å². The Balaban J connectivity index is 1.50. The van der Waals surface area contributed by atoms with E-state index in [1.165, 1.54) is 0 Å². The number of nitrogens with zero attached hydrogens (tertiary/aromatic N) is 2. The van der Waals surface area contributed by atoms with Crippen molar-refractivity contribution in [3.8, 4) is 5.88 Å². The van der Waals surface area contributed by atoms with Gasteiger partial charge in [0.25, 0.3) is 5.91 Å². The summed E-state index contributed by atoms with van der Waals surface area (Å²) >= 11 is 0. The van der Waals surface area contributed by atoms with Gasteiger partial charge in [-0.25, -0.2) is 4.79 Å². The first-order valence-electron chi connectivity index (χ1n) is 12.5. The van der Waals surface area contributed by atoms with Gasteiger partial charge in [-0.1, -0.05) is 32.9 Å². The standard InChI is InChI=1S/C26H34N6O7/c1-26(2,3)24(39)32-25-30-20-17(22(36)31-25)10-15(13-28-20)12-27-11-14-4-6-16(7-5-14)21(35)29-18(23(37)38)8-9-19(33)34/h4-7,15,18,27H,8-13H2,1-3H3,(H,29,35)(H,33,34)(H,37,38)(H3,28,30,31,32,36,39)/t15?,18-/m0/s1. The molecule has 13 heteroatoms. The molecule has 1 aromatic carbocycles. The molecule has 39 heavy (non-hydrogen) atoms. The largest absolute Gasteiger partial charge is 0.493 e. The second kappa shape index (κ2) is 12.5. The van der Waals surface area contributed by atoms with Crippen molar-refractivity contribution < 1.29 is 34.5 Å². The summed E-state index contributed by atoms with van der Waals surface area (Å²) in [5, 5.41) is 39.9. The van der Waals surface area contributed by atoms with E-state index < -0.39 is 29.3 Å². The van der Waals surface area contributed by atoms with Crippen LogP contribution in [0.25, 0.3) is 0 Å². The van der Waals surface area contributed by atoms with E-state index in [4.69, 9.17) is 5.11 Å². The molecular weight excluding hydrogens is 508 g/mol. The van der Waals surface area contributed by atoms with Crippen molar-refractivity contribution in [2.45, 2.75) is 52.6 Å². The van der Waals surface area contributed by atoms with Gasteiger partial charge in [0.2, 0.25) is 17.7 Å². The number of carbonyl (C=O) groups excluding carboxylic acids is 2. The third-order valence-electron chi connectivity index (χ3n) is 6.17. The summed E-state index contributed by atoms with van der Waals surface area (Å²) < 4.78 is 0. The molecule has 2 heterocycles. The van der Waals surface area contributed by atoms with Crippen LogP contribution in [-0.2, 0) is 27.3 Å². The minimum absolute atomic E-state index is 0.0473. The normalized spacial score (nSPS) is 15.4. The van der Waals surface area contributed by atoms with Gasteiger partial charge in [-0.05, 0) is 36.5 Å². The summed E-state index contributed by atoms with van der Waals surface area (Å²) in [7, 11) is 0. The molecule has 1 aromatic heterocycles. The molecule has 0 aliphatic carbocycles. The number of anilines is 2. The number of aliphatic carboxylic acids is 2. The molecule has 210 valence electrons. The number of rotatable bonds is 11. The van der Waals surface area contributed by atoms with Crippen LogP contribution in [0.2, 0.25) is 0 Å². The highest BCUT2D eigenvalue weighted by Crippen LogP contribution is 2.30. The number of carbonyl (C=O) groups is 4. The Morgan fingerprint density at radius 1 is 1.10 bits per heavy atom. The smallest absolute Gasteiger partial charge is 0.326 e. The lowest BCUT2D eigenvalue weighted by atomic mass is 9.95. The number of fused-ring (bicyclic) bond motifs is 1. The monoisotopic (exact) mass is 542 g/mol. The van der Waals surface area contributed by atoms with Crippen molar-refractivity contribution in [3.05, 3.63) is 41.0 Å². The van der Waals surface area contributed by atoms with E-state index in [9.17, 15) is 29.4 Å². The number of hydrogen-bond acceptors (Lipinski definition) is 9. The zero-order valence-electron chi connectivity index (χ0n) is 22.1. The predicted octanol–water partition coefficient (Wildman–Crippen LogP) is 1.59. The minimum atomic E-state index is -1.29.